The molecule has 0 saturated heterocycles. The highest BCUT2D eigenvalue weighted by molar-refractivity contribution is 8.24. The lowest BCUT2D eigenvalue weighted by molar-refractivity contribution is 0.119. The van der Waals surface area contributed by atoms with Crippen molar-refractivity contribution in [3.05, 3.63) is 10.3 Å². The van der Waals surface area contributed by atoms with Crippen LogP contribution in [0.3, 0.4) is 0 Å². The maximum absolute atomic E-state index is 11.6. The molecule has 0 radical (unpaired) electrons. The largest absolute Gasteiger partial charge is 0.378 e. The summed E-state index contributed by atoms with van der Waals surface area (Å²) in [7, 11) is -3.44. The van der Waals surface area contributed by atoms with Crippen LogP contribution in [0.1, 0.15) is 0 Å². The molecule has 78 valence electrons. The Bertz CT molecular complexity index is 441. The third-order valence-corrected chi connectivity index (χ3v) is 6.46. The van der Waals surface area contributed by atoms with Gasteiger partial charge in [0.25, 0.3) is 0 Å². The molecule has 0 bridgehead atoms. The first kappa shape index (κ1) is 10.3. The van der Waals surface area contributed by atoms with Crippen molar-refractivity contribution in [2.75, 3.05) is 6.26 Å². The molecule has 8 heteroatoms. The van der Waals surface area contributed by atoms with E-state index < -0.39 is 20.1 Å². The van der Waals surface area contributed by atoms with Gasteiger partial charge in [0.15, 0.2) is 19.6 Å². The number of nitrogens with two attached hydrogens (primary N) is 1. The van der Waals surface area contributed by atoms with Gasteiger partial charge < -0.3 is 10.8 Å². The van der Waals surface area contributed by atoms with E-state index in [0.29, 0.717) is 4.91 Å². The average Bonchev–Trinajstić information content (AvgIpc) is 2.46. The fourth-order valence-electron chi connectivity index (χ4n) is 1.40. The number of sulfone groups is 1. The lowest BCUT2D eigenvalue weighted by atomic mass is 10.3. The second-order valence-electron chi connectivity index (χ2n) is 2.90. The van der Waals surface area contributed by atoms with Crippen molar-refractivity contribution in [3.63, 3.8) is 0 Å². The summed E-state index contributed by atoms with van der Waals surface area (Å²) in [5.41, 5.74) is 3.74. The van der Waals surface area contributed by atoms with Crippen LogP contribution in [0.25, 0.3) is 0 Å². The summed E-state index contributed by atoms with van der Waals surface area (Å²) in [5, 5.41) is 11.2. The van der Waals surface area contributed by atoms with Gasteiger partial charge in [0.05, 0.1) is 4.91 Å². The summed E-state index contributed by atoms with van der Waals surface area (Å²) >= 11 is 2.05. The molecule has 2 aliphatic rings. The molecule has 2 atom stereocenters. The number of nitrogens with zero attached hydrogens (tertiary/aromatic N) is 1. The Morgan fingerprint density at radius 2 is 2.43 bits per heavy atom. The van der Waals surface area contributed by atoms with E-state index in [0.717, 1.165) is 17.2 Å². The van der Waals surface area contributed by atoms with Gasteiger partial charge in [-0.15, -0.1) is 11.8 Å². The molecule has 0 aromatic rings. The minimum absolute atomic E-state index is 0.112. The molecule has 2 rings (SSSR count). The van der Waals surface area contributed by atoms with Crippen molar-refractivity contribution in [2.24, 2.45) is 10.7 Å². The standard InChI is InChI=1S/C6H8N2O3S3/c1-12-3-2-14(10,11)4-6(3,9)8-5(7)13-4/h2,4,9H,1H3,(H2,7,8). The minimum atomic E-state index is -3.44. The number of thioether (sulfide) groups is 2. The molecule has 0 amide bonds. The van der Waals surface area contributed by atoms with Crippen molar-refractivity contribution in [1.29, 1.82) is 0 Å². The van der Waals surface area contributed by atoms with Crippen molar-refractivity contribution >= 4 is 38.5 Å². The zero-order valence-electron chi connectivity index (χ0n) is 7.17. The number of hydrogen-bond acceptors (Lipinski definition) is 7. The van der Waals surface area contributed by atoms with Crippen molar-refractivity contribution in [3.8, 4) is 0 Å². The molecule has 3 N–H and O–H groups in total. The molecule has 0 aliphatic carbocycles. The number of hydrogen-bond donors (Lipinski definition) is 2. The van der Waals surface area contributed by atoms with E-state index in [4.69, 9.17) is 5.73 Å². The number of aliphatic hydroxyl groups is 1. The third-order valence-electron chi connectivity index (χ3n) is 1.99. The van der Waals surface area contributed by atoms with Crippen LogP contribution in [0.2, 0.25) is 0 Å². The number of rotatable bonds is 1. The second-order valence-corrected chi connectivity index (χ2v) is 7.06. The molecule has 0 fully saturated rings. The molecule has 2 heterocycles. The van der Waals surface area contributed by atoms with Crippen molar-refractivity contribution in [1.82, 2.24) is 0 Å². The zero-order valence-corrected chi connectivity index (χ0v) is 9.62. The van der Waals surface area contributed by atoms with Gasteiger partial charge in [0, 0.05) is 5.41 Å². The molecule has 2 unspecified atom stereocenters. The molecule has 5 nitrogen and oxygen atoms in total. The average molecular weight is 252 g/mol. The van der Waals surface area contributed by atoms with Crippen LogP contribution < -0.4 is 5.73 Å². The molecular formula is C6H8N2O3S3. The van der Waals surface area contributed by atoms with E-state index in [9.17, 15) is 13.5 Å². The van der Waals surface area contributed by atoms with Gasteiger partial charge in [-0.25, -0.2) is 13.4 Å². The highest BCUT2D eigenvalue weighted by Crippen LogP contribution is 2.49. The van der Waals surface area contributed by atoms with E-state index >= 15 is 0 Å². The van der Waals surface area contributed by atoms with E-state index in [2.05, 4.69) is 4.99 Å². The fraction of sp³-hybridized carbons (Fsp3) is 0.500. The monoisotopic (exact) mass is 252 g/mol. The fourth-order valence-corrected chi connectivity index (χ4v) is 5.79. The van der Waals surface area contributed by atoms with Gasteiger partial charge in [-0.1, -0.05) is 11.8 Å². The quantitative estimate of drug-likeness (QED) is 0.665. The molecule has 0 aromatic carbocycles. The Morgan fingerprint density at radius 3 is 3.00 bits per heavy atom. The lowest BCUT2D eigenvalue weighted by Crippen LogP contribution is -2.35. The Balaban J connectivity index is 2.58. The van der Waals surface area contributed by atoms with Gasteiger partial charge in [0.1, 0.15) is 0 Å². The Kier molecular flexibility index (Phi) is 2.15. The van der Waals surface area contributed by atoms with Crippen LogP contribution in [-0.4, -0.2) is 35.3 Å². The Morgan fingerprint density at radius 1 is 1.79 bits per heavy atom. The zero-order chi connectivity index (χ0) is 10.6. The van der Waals surface area contributed by atoms with Gasteiger partial charge in [-0.05, 0) is 6.26 Å². The maximum atomic E-state index is 11.6. The van der Waals surface area contributed by atoms with Crippen molar-refractivity contribution < 1.29 is 13.5 Å². The topological polar surface area (TPSA) is 92.8 Å². The highest BCUT2D eigenvalue weighted by atomic mass is 32.3. The summed E-state index contributed by atoms with van der Waals surface area (Å²) in [6.45, 7) is 0. The molecule has 0 aromatic heterocycles. The lowest BCUT2D eigenvalue weighted by Gasteiger charge is -2.19. The summed E-state index contributed by atoms with van der Waals surface area (Å²) in [4.78, 5) is 4.10. The van der Waals surface area contributed by atoms with E-state index in [-0.39, 0.29) is 5.17 Å². The second kappa shape index (κ2) is 2.91. The number of aliphatic imine (C=N–C) groups is 1. The first-order valence-corrected chi connectivity index (χ1v) is 7.36. The molecular weight excluding hydrogens is 244 g/mol. The van der Waals surface area contributed by atoms with Gasteiger partial charge >= 0.3 is 0 Å². The predicted molar refractivity (Wildman–Crippen MR) is 58.5 cm³/mol. The van der Waals surface area contributed by atoms with Gasteiger partial charge in [-0.2, -0.15) is 0 Å². The summed E-state index contributed by atoms with van der Waals surface area (Å²) in [5.74, 6) is 0. The predicted octanol–water partition coefficient (Wildman–Crippen LogP) is -0.305. The van der Waals surface area contributed by atoms with Crippen LogP contribution in [0.5, 0.6) is 0 Å². The smallest absolute Gasteiger partial charge is 0.218 e. The summed E-state index contributed by atoms with van der Waals surface area (Å²) in [6, 6.07) is 0. The third kappa shape index (κ3) is 1.21. The SMILES string of the molecule is CSC1=CS(=O)(=O)C2SC(N)=NC12O. The summed E-state index contributed by atoms with van der Waals surface area (Å²) < 4.78 is 22.1. The number of fused-ring (bicyclic) bond motifs is 1. The number of amidine groups is 1. The maximum Gasteiger partial charge on any atom is 0.218 e. The van der Waals surface area contributed by atoms with Gasteiger partial charge in [-0.3, -0.25) is 0 Å². The first-order chi connectivity index (χ1) is 6.40. The first-order valence-electron chi connectivity index (χ1n) is 3.64. The Hall–Kier alpha value is -0.180. The molecule has 0 spiro atoms. The van der Waals surface area contributed by atoms with E-state index in [1.807, 2.05) is 0 Å². The van der Waals surface area contributed by atoms with Gasteiger partial charge in [0.2, 0.25) is 5.72 Å². The minimum Gasteiger partial charge on any atom is -0.378 e. The van der Waals surface area contributed by atoms with E-state index in [1.54, 1.807) is 6.26 Å². The highest BCUT2D eigenvalue weighted by Gasteiger charge is 2.57. The molecule has 0 saturated carbocycles. The van der Waals surface area contributed by atoms with E-state index in [1.165, 1.54) is 11.8 Å². The Labute approximate surface area is 89.8 Å². The van der Waals surface area contributed by atoms with Crippen LogP contribution in [0, 0.1) is 0 Å². The van der Waals surface area contributed by atoms with Crippen LogP contribution in [0.4, 0.5) is 0 Å². The van der Waals surface area contributed by atoms with Crippen LogP contribution in [-0.2, 0) is 9.84 Å². The summed E-state index contributed by atoms with van der Waals surface area (Å²) in [6.07, 6.45) is 1.69. The molecule has 14 heavy (non-hydrogen) atoms. The normalized spacial score (nSPS) is 39.1. The van der Waals surface area contributed by atoms with Crippen LogP contribution >= 0.6 is 23.5 Å². The van der Waals surface area contributed by atoms with Crippen molar-refractivity contribution in [2.45, 2.75) is 10.3 Å². The molecule has 2 aliphatic heterocycles. The van der Waals surface area contributed by atoms with Crippen LogP contribution in [0.15, 0.2) is 15.3 Å².